The van der Waals surface area contributed by atoms with Gasteiger partial charge in [0.15, 0.2) is 0 Å². The molecule has 0 spiro atoms. The van der Waals surface area contributed by atoms with Crippen LogP contribution in [0.25, 0.3) is 0 Å². The van der Waals surface area contributed by atoms with Gasteiger partial charge in [-0.05, 0) is 53.9 Å². The predicted octanol–water partition coefficient (Wildman–Crippen LogP) is 4.90. The van der Waals surface area contributed by atoms with Gasteiger partial charge in [0.25, 0.3) is 0 Å². The van der Waals surface area contributed by atoms with Crippen molar-refractivity contribution in [2.24, 2.45) is 0 Å². The summed E-state index contributed by atoms with van der Waals surface area (Å²) >= 11 is 0. The van der Waals surface area contributed by atoms with E-state index >= 15 is 0 Å². The minimum Gasteiger partial charge on any atom is -0.303 e. The summed E-state index contributed by atoms with van der Waals surface area (Å²) in [6.45, 7) is 2.36. The Balaban J connectivity index is 1.61. The quantitative estimate of drug-likeness (QED) is 0.823. The molecule has 2 aromatic rings. The van der Waals surface area contributed by atoms with Crippen LogP contribution in [0.1, 0.15) is 66.4 Å². The molecule has 0 saturated carbocycles. The fourth-order valence-corrected chi connectivity index (χ4v) is 4.15. The van der Waals surface area contributed by atoms with Crippen LogP contribution in [0.2, 0.25) is 0 Å². The van der Waals surface area contributed by atoms with Gasteiger partial charge in [-0.15, -0.1) is 0 Å². The zero-order chi connectivity index (χ0) is 14.2. The first kappa shape index (κ1) is 13.1. The Kier molecular flexibility index (Phi) is 3.31. The molecule has 2 aromatic carbocycles. The Morgan fingerprint density at radius 2 is 1.43 bits per heavy atom. The molecule has 0 radical (unpaired) electrons. The Morgan fingerprint density at radius 3 is 2.29 bits per heavy atom. The first-order valence-electron chi connectivity index (χ1n) is 8.25. The number of nitrogens with one attached hydrogen (secondary N) is 1. The molecule has 0 aliphatic heterocycles. The second-order valence-electron chi connectivity index (χ2n) is 6.62. The van der Waals surface area contributed by atoms with E-state index < -0.39 is 0 Å². The normalized spacial score (nSPS) is 27.2. The molecule has 1 nitrogen and oxygen atoms in total. The van der Waals surface area contributed by atoms with Crippen LogP contribution in [0.5, 0.6) is 0 Å². The van der Waals surface area contributed by atoms with Gasteiger partial charge in [0, 0.05) is 12.1 Å². The van der Waals surface area contributed by atoms with Crippen LogP contribution in [-0.2, 0) is 6.42 Å². The van der Waals surface area contributed by atoms with E-state index in [2.05, 4.69) is 60.8 Å². The molecule has 0 aromatic heterocycles. The van der Waals surface area contributed by atoms with Crippen molar-refractivity contribution in [1.29, 1.82) is 0 Å². The SMILES string of the molecule is CC1CCC(NC2CCc3ccccc32)c2ccccc21. The van der Waals surface area contributed by atoms with E-state index in [1.807, 2.05) is 0 Å². The molecule has 1 N–H and O–H groups in total. The molecule has 4 rings (SSSR count). The number of aryl methyl sites for hydroxylation is 1. The van der Waals surface area contributed by atoms with Crippen molar-refractivity contribution >= 4 is 0 Å². The molecule has 2 aliphatic rings. The van der Waals surface area contributed by atoms with E-state index in [9.17, 15) is 0 Å². The van der Waals surface area contributed by atoms with E-state index in [-0.39, 0.29) is 0 Å². The van der Waals surface area contributed by atoms with E-state index in [0.717, 1.165) is 0 Å². The lowest BCUT2D eigenvalue weighted by atomic mass is 9.80. The second kappa shape index (κ2) is 5.31. The highest BCUT2D eigenvalue weighted by Crippen LogP contribution is 2.40. The van der Waals surface area contributed by atoms with Crippen molar-refractivity contribution in [2.45, 2.75) is 50.6 Å². The van der Waals surface area contributed by atoms with Gasteiger partial charge >= 0.3 is 0 Å². The van der Waals surface area contributed by atoms with E-state index in [1.165, 1.54) is 42.4 Å². The lowest BCUT2D eigenvalue weighted by Crippen LogP contribution is -2.29. The molecular formula is C20H23N. The molecule has 3 unspecified atom stereocenters. The maximum Gasteiger partial charge on any atom is 0.0331 e. The summed E-state index contributed by atoms with van der Waals surface area (Å²) in [6, 6.07) is 19.0. The van der Waals surface area contributed by atoms with Crippen molar-refractivity contribution in [3.63, 3.8) is 0 Å². The maximum atomic E-state index is 3.95. The van der Waals surface area contributed by atoms with E-state index in [4.69, 9.17) is 0 Å². The monoisotopic (exact) mass is 277 g/mol. The van der Waals surface area contributed by atoms with Crippen LogP contribution in [0.4, 0.5) is 0 Å². The van der Waals surface area contributed by atoms with Crippen molar-refractivity contribution in [2.75, 3.05) is 0 Å². The minimum absolute atomic E-state index is 0.522. The number of benzene rings is 2. The highest BCUT2D eigenvalue weighted by atomic mass is 15.0. The van der Waals surface area contributed by atoms with Crippen LogP contribution >= 0.6 is 0 Å². The summed E-state index contributed by atoms with van der Waals surface area (Å²) in [6.07, 6.45) is 5.02. The molecule has 0 heterocycles. The fourth-order valence-electron chi connectivity index (χ4n) is 4.15. The summed E-state index contributed by atoms with van der Waals surface area (Å²) in [5.41, 5.74) is 6.13. The lowest BCUT2D eigenvalue weighted by Gasteiger charge is -2.32. The molecule has 2 aliphatic carbocycles. The van der Waals surface area contributed by atoms with Gasteiger partial charge in [0.2, 0.25) is 0 Å². The van der Waals surface area contributed by atoms with Crippen molar-refractivity contribution in [3.8, 4) is 0 Å². The number of fused-ring (bicyclic) bond motifs is 2. The van der Waals surface area contributed by atoms with Gasteiger partial charge in [-0.25, -0.2) is 0 Å². The highest BCUT2D eigenvalue weighted by molar-refractivity contribution is 5.37. The van der Waals surface area contributed by atoms with Gasteiger partial charge in [0.05, 0.1) is 0 Å². The van der Waals surface area contributed by atoms with Gasteiger partial charge in [-0.3, -0.25) is 0 Å². The number of hydrogen-bond donors (Lipinski definition) is 1. The molecule has 108 valence electrons. The van der Waals surface area contributed by atoms with Crippen LogP contribution < -0.4 is 5.32 Å². The third kappa shape index (κ3) is 2.30. The summed E-state index contributed by atoms with van der Waals surface area (Å²) in [5, 5.41) is 3.95. The predicted molar refractivity (Wildman–Crippen MR) is 87.5 cm³/mol. The van der Waals surface area contributed by atoms with Crippen LogP contribution in [0, 0.1) is 0 Å². The van der Waals surface area contributed by atoms with E-state index in [1.54, 1.807) is 5.56 Å². The summed E-state index contributed by atoms with van der Waals surface area (Å²) in [5.74, 6) is 0.704. The Labute approximate surface area is 127 Å². The molecule has 0 amide bonds. The van der Waals surface area contributed by atoms with Crippen LogP contribution in [0.3, 0.4) is 0 Å². The highest BCUT2D eigenvalue weighted by Gasteiger charge is 2.29. The van der Waals surface area contributed by atoms with Gasteiger partial charge in [-0.1, -0.05) is 55.5 Å². The Bertz CT molecular complexity index is 646. The summed E-state index contributed by atoms with van der Waals surface area (Å²) in [4.78, 5) is 0. The van der Waals surface area contributed by atoms with Crippen molar-refractivity contribution in [3.05, 3.63) is 70.8 Å². The van der Waals surface area contributed by atoms with Crippen molar-refractivity contribution < 1.29 is 0 Å². The first-order valence-corrected chi connectivity index (χ1v) is 8.25. The number of hydrogen-bond acceptors (Lipinski definition) is 1. The zero-order valence-electron chi connectivity index (χ0n) is 12.7. The van der Waals surface area contributed by atoms with Gasteiger partial charge < -0.3 is 5.32 Å². The summed E-state index contributed by atoms with van der Waals surface area (Å²) < 4.78 is 0. The topological polar surface area (TPSA) is 12.0 Å². The largest absolute Gasteiger partial charge is 0.303 e. The average molecular weight is 277 g/mol. The average Bonchev–Trinajstić information content (AvgIpc) is 2.94. The Morgan fingerprint density at radius 1 is 0.762 bits per heavy atom. The maximum absolute atomic E-state index is 3.95. The molecular weight excluding hydrogens is 254 g/mol. The molecule has 1 heteroatoms. The van der Waals surface area contributed by atoms with Gasteiger partial charge in [-0.2, -0.15) is 0 Å². The lowest BCUT2D eigenvalue weighted by molar-refractivity contribution is 0.382. The minimum atomic E-state index is 0.522. The van der Waals surface area contributed by atoms with Crippen LogP contribution in [-0.4, -0.2) is 0 Å². The smallest absolute Gasteiger partial charge is 0.0331 e. The molecule has 0 fully saturated rings. The summed E-state index contributed by atoms with van der Waals surface area (Å²) in [7, 11) is 0. The molecule has 21 heavy (non-hydrogen) atoms. The van der Waals surface area contributed by atoms with Gasteiger partial charge in [0.1, 0.15) is 0 Å². The standard InChI is InChI=1S/C20H23N/c1-14-10-12-20(18-9-5-4-7-16(14)18)21-19-13-11-15-6-2-3-8-17(15)19/h2-9,14,19-21H,10-13H2,1H3. The molecule has 3 atom stereocenters. The Hall–Kier alpha value is -1.60. The number of rotatable bonds is 2. The fraction of sp³-hybridized carbons (Fsp3) is 0.400. The third-order valence-corrected chi connectivity index (χ3v) is 5.33. The third-order valence-electron chi connectivity index (χ3n) is 5.33. The molecule has 0 saturated heterocycles. The van der Waals surface area contributed by atoms with E-state index in [0.29, 0.717) is 18.0 Å². The molecule has 0 bridgehead atoms. The zero-order valence-corrected chi connectivity index (χ0v) is 12.7. The second-order valence-corrected chi connectivity index (χ2v) is 6.62. The van der Waals surface area contributed by atoms with Crippen LogP contribution in [0.15, 0.2) is 48.5 Å². The first-order chi connectivity index (χ1) is 10.3. The van der Waals surface area contributed by atoms with Crippen molar-refractivity contribution in [1.82, 2.24) is 5.32 Å².